The summed E-state index contributed by atoms with van der Waals surface area (Å²) in [5.74, 6) is -0.967. The minimum atomic E-state index is -1.10. The molecule has 0 saturated carbocycles. The summed E-state index contributed by atoms with van der Waals surface area (Å²) >= 11 is 3.37. The van der Waals surface area contributed by atoms with Crippen LogP contribution in [0, 0.1) is 12.3 Å². The number of anilines is 1. The fourth-order valence-corrected chi connectivity index (χ4v) is 2.29. The lowest BCUT2D eigenvalue weighted by molar-refractivity contribution is -0.150. The Bertz CT molecular complexity index is 548. The minimum absolute atomic E-state index is 0.438. The highest BCUT2D eigenvalue weighted by molar-refractivity contribution is 9.10. The van der Waals surface area contributed by atoms with Gasteiger partial charge in [0, 0.05) is 10.2 Å². The lowest BCUT2D eigenvalue weighted by Crippen LogP contribution is -2.57. The molecule has 2 amide bonds. The molecule has 3 N–H and O–H groups in total. The Morgan fingerprint density at radius 1 is 1.14 bits per heavy atom. The lowest BCUT2D eigenvalue weighted by atomic mass is 9.74. The number of rotatable bonds is 4. The molecule has 0 radical (unpaired) electrons. The molecule has 0 fully saturated rings. The van der Waals surface area contributed by atoms with E-state index < -0.39 is 23.0 Å². The molecule has 0 aliphatic rings. The van der Waals surface area contributed by atoms with E-state index in [1.54, 1.807) is 33.8 Å². The van der Waals surface area contributed by atoms with Crippen LogP contribution in [0.15, 0.2) is 22.7 Å². The number of benzene rings is 1. The molecule has 5 nitrogen and oxygen atoms in total. The number of aryl methyl sites for hydroxylation is 1. The number of halogens is 1. The Labute approximate surface area is 133 Å². The predicted octanol–water partition coefficient (Wildman–Crippen LogP) is 3.77. The summed E-state index contributed by atoms with van der Waals surface area (Å²) in [6, 6.07) is 5.11. The number of amides is 2. The van der Waals surface area contributed by atoms with Crippen LogP contribution in [0.4, 0.5) is 10.5 Å². The Morgan fingerprint density at radius 3 is 2.19 bits per heavy atom. The summed E-state index contributed by atoms with van der Waals surface area (Å²) in [5.41, 5.74) is -0.366. The van der Waals surface area contributed by atoms with E-state index in [-0.39, 0.29) is 0 Å². The van der Waals surface area contributed by atoms with Crippen molar-refractivity contribution in [1.29, 1.82) is 0 Å². The van der Waals surface area contributed by atoms with Gasteiger partial charge in [-0.2, -0.15) is 0 Å². The predicted molar refractivity (Wildman–Crippen MR) is 86.5 cm³/mol. The summed E-state index contributed by atoms with van der Waals surface area (Å²) in [6.07, 6.45) is 0. The third-order valence-electron chi connectivity index (χ3n) is 3.82. The number of carboxylic acid groups (broad SMARTS) is 1. The van der Waals surface area contributed by atoms with Gasteiger partial charge in [0.05, 0.1) is 11.0 Å². The summed E-state index contributed by atoms with van der Waals surface area (Å²) in [5, 5.41) is 14.7. The molecule has 0 spiro atoms. The molecule has 0 aliphatic heterocycles. The van der Waals surface area contributed by atoms with Crippen molar-refractivity contribution in [3.8, 4) is 0 Å². The fourth-order valence-electron chi connectivity index (χ4n) is 1.68. The summed E-state index contributed by atoms with van der Waals surface area (Å²) in [7, 11) is 0. The standard InChI is InChI=1S/C15H21BrN2O3/c1-9-6-10(16)8-11(7-9)17-13(21)18-15(4,5)14(2,3)12(19)20/h6-8H,1-5H3,(H,19,20)(H2,17,18,21). The van der Waals surface area contributed by atoms with E-state index in [1.165, 1.54) is 0 Å². The van der Waals surface area contributed by atoms with E-state index in [0.29, 0.717) is 5.69 Å². The van der Waals surface area contributed by atoms with Crippen LogP contribution in [0.1, 0.15) is 33.3 Å². The molecule has 6 heteroatoms. The second kappa shape index (κ2) is 6.05. The van der Waals surface area contributed by atoms with Crippen molar-refractivity contribution in [3.05, 3.63) is 28.2 Å². The van der Waals surface area contributed by atoms with Gasteiger partial charge >= 0.3 is 12.0 Å². The van der Waals surface area contributed by atoms with E-state index >= 15 is 0 Å². The highest BCUT2D eigenvalue weighted by Gasteiger charge is 2.44. The smallest absolute Gasteiger partial charge is 0.319 e. The topological polar surface area (TPSA) is 78.4 Å². The Balaban J connectivity index is 2.84. The Hall–Kier alpha value is -1.56. The first-order chi connectivity index (χ1) is 9.45. The van der Waals surface area contributed by atoms with Gasteiger partial charge in [-0.1, -0.05) is 15.9 Å². The number of carbonyl (C=O) groups excluding carboxylic acids is 1. The molecule has 0 aliphatic carbocycles. The van der Waals surface area contributed by atoms with Crippen molar-refractivity contribution in [2.75, 3.05) is 5.32 Å². The van der Waals surface area contributed by atoms with Crippen LogP contribution >= 0.6 is 15.9 Å². The van der Waals surface area contributed by atoms with Gasteiger partial charge in [0.1, 0.15) is 0 Å². The average molecular weight is 357 g/mol. The third-order valence-corrected chi connectivity index (χ3v) is 4.28. The SMILES string of the molecule is Cc1cc(Br)cc(NC(=O)NC(C)(C)C(C)(C)C(=O)O)c1. The van der Waals surface area contributed by atoms with E-state index in [4.69, 9.17) is 0 Å². The maximum Gasteiger partial charge on any atom is 0.319 e. The lowest BCUT2D eigenvalue weighted by Gasteiger charge is -2.38. The van der Waals surface area contributed by atoms with Gasteiger partial charge in [-0.25, -0.2) is 4.79 Å². The van der Waals surface area contributed by atoms with Crippen molar-refractivity contribution >= 4 is 33.6 Å². The van der Waals surface area contributed by atoms with Crippen LogP contribution < -0.4 is 10.6 Å². The van der Waals surface area contributed by atoms with E-state index in [1.807, 2.05) is 19.1 Å². The minimum Gasteiger partial charge on any atom is -0.481 e. The van der Waals surface area contributed by atoms with E-state index in [0.717, 1.165) is 10.0 Å². The molecule has 0 atom stereocenters. The molecule has 1 rings (SSSR count). The molecule has 1 aromatic rings. The Morgan fingerprint density at radius 2 is 1.71 bits per heavy atom. The molecular formula is C15H21BrN2O3. The number of urea groups is 1. The quantitative estimate of drug-likeness (QED) is 0.768. The van der Waals surface area contributed by atoms with Gasteiger partial charge < -0.3 is 15.7 Å². The van der Waals surface area contributed by atoms with Crippen molar-refractivity contribution < 1.29 is 14.7 Å². The van der Waals surface area contributed by atoms with Crippen LogP contribution in [0.2, 0.25) is 0 Å². The fraction of sp³-hybridized carbons (Fsp3) is 0.467. The Kier molecular flexibility index (Phi) is 5.04. The summed E-state index contributed by atoms with van der Waals surface area (Å²) < 4.78 is 0.864. The number of hydrogen-bond acceptors (Lipinski definition) is 2. The first-order valence-electron chi connectivity index (χ1n) is 6.55. The largest absolute Gasteiger partial charge is 0.481 e. The zero-order valence-electron chi connectivity index (χ0n) is 12.9. The van der Waals surface area contributed by atoms with Crippen molar-refractivity contribution in [2.45, 2.75) is 40.2 Å². The molecule has 21 heavy (non-hydrogen) atoms. The van der Waals surface area contributed by atoms with Crippen LogP contribution in [0.5, 0.6) is 0 Å². The van der Waals surface area contributed by atoms with E-state index in [2.05, 4.69) is 26.6 Å². The van der Waals surface area contributed by atoms with Gasteiger partial charge in [0.25, 0.3) is 0 Å². The monoisotopic (exact) mass is 356 g/mol. The summed E-state index contributed by atoms with van der Waals surface area (Å²) in [4.78, 5) is 23.4. The molecule has 0 bridgehead atoms. The normalized spacial score (nSPS) is 11.9. The second-order valence-electron chi connectivity index (χ2n) is 6.15. The molecule has 1 aromatic carbocycles. The van der Waals surface area contributed by atoms with Gasteiger partial charge in [-0.15, -0.1) is 0 Å². The third kappa shape index (κ3) is 4.20. The van der Waals surface area contributed by atoms with Gasteiger partial charge in [-0.3, -0.25) is 4.79 Å². The molecule has 0 heterocycles. The van der Waals surface area contributed by atoms with Crippen LogP contribution in [0.3, 0.4) is 0 Å². The first-order valence-corrected chi connectivity index (χ1v) is 7.35. The maximum absolute atomic E-state index is 12.1. The van der Waals surface area contributed by atoms with Crippen LogP contribution in [-0.4, -0.2) is 22.6 Å². The zero-order valence-corrected chi connectivity index (χ0v) is 14.5. The highest BCUT2D eigenvalue weighted by atomic mass is 79.9. The number of carbonyl (C=O) groups is 2. The van der Waals surface area contributed by atoms with Crippen molar-refractivity contribution in [1.82, 2.24) is 5.32 Å². The summed E-state index contributed by atoms with van der Waals surface area (Å²) in [6.45, 7) is 8.46. The molecule has 0 saturated heterocycles. The first kappa shape index (κ1) is 17.5. The molecular weight excluding hydrogens is 336 g/mol. The van der Waals surface area contributed by atoms with Gasteiger partial charge in [-0.05, 0) is 58.4 Å². The highest BCUT2D eigenvalue weighted by Crippen LogP contribution is 2.30. The second-order valence-corrected chi connectivity index (χ2v) is 7.07. The number of carboxylic acids is 1. The average Bonchev–Trinajstić information content (AvgIpc) is 2.25. The van der Waals surface area contributed by atoms with Gasteiger partial charge in [0.15, 0.2) is 0 Å². The van der Waals surface area contributed by atoms with Crippen LogP contribution in [0.25, 0.3) is 0 Å². The van der Waals surface area contributed by atoms with E-state index in [9.17, 15) is 14.7 Å². The van der Waals surface area contributed by atoms with Crippen molar-refractivity contribution in [2.24, 2.45) is 5.41 Å². The molecule has 0 aromatic heterocycles. The number of aliphatic carboxylic acids is 1. The van der Waals surface area contributed by atoms with Crippen molar-refractivity contribution in [3.63, 3.8) is 0 Å². The maximum atomic E-state index is 12.1. The number of hydrogen-bond donors (Lipinski definition) is 3. The van der Waals surface area contributed by atoms with Gasteiger partial charge in [0.2, 0.25) is 0 Å². The number of nitrogens with one attached hydrogen (secondary N) is 2. The molecule has 116 valence electrons. The van der Waals surface area contributed by atoms with Crippen LogP contribution in [-0.2, 0) is 4.79 Å². The zero-order chi connectivity index (χ0) is 16.4. The molecule has 0 unspecified atom stereocenters.